The van der Waals surface area contributed by atoms with Crippen molar-refractivity contribution in [1.29, 1.82) is 5.26 Å². The highest BCUT2D eigenvalue weighted by Crippen LogP contribution is 2.05. The smallest absolute Gasteiger partial charge is 0.233 e. The summed E-state index contributed by atoms with van der Waals surface area (Å²) in [6.45, 7) is 3.77. The Labute approximate surface area is 101 Å². The molecule has 1 rings (SSSR count). The maximum atomic E-state index is 11.3. The number of pyridine rings is 1. The summed E-state index contributed by atoms with van der Waals surface area (Å²) in [5, 5.41) is 11.3. The number of likely N-dealkylation sites (N-methyl/N-ethyl adjacent to an activating group) is 2. The third kappa shape index (κ3) is 4.21. The van der Waals surface area contributed by atoms with Gasteiger partial charge >= 0.3 is 0 Å². The third-order valence-corrected chi connectivity index (χ3v) is 2.44. The highest BCUT2D eigenvalue weighted by molar-refractivity contribution is 5.77. The lowest BCUT2D eigenvalue weighted by molar-refractivity contribution is -0.121. The zero-order valence-corrected chi connectivity index (χ0v) is 10.1. The Balaban J connectivity index is 2.67. The first-order chi connectivity index (χ1) is 8.19. The Hall–Kier alpha value is -1.93. The van der Waals surface area contributed by atoms with Gasteiger partial charge in [0, 0.05) is 19.8 Å². The van der Waals surface area contributed by atoms with Crippen LogP contribution in [0.4, 0.5) is 0 Å². The van der Waals surface area contributed by atoms with Gasteiger partial charge in [0.1, 0.15) is 11.8 Å². The SMILES string of the molecule is CCN(CC(=O)NC)Cc1ccnc(C#N)c1. The van der Waals surface area contributed by atoms with Crippen molar-refractivity contribution < 1.29 is 4.79 Å². The molecule has 5 nitrogen and oxygen atoms in total. The summed E-state index contributed by atoms with van der Waals surface area (Å²) < 4.78 is 0. The zero-order valence-electron chi connectivity index (χ0n) is 10.1. The molecule has 0 atom stereocenters. The molecule has 90 valence electrons. The monoisotopic (exact) mass is 232 g/mol. The molecule has 0 radical (unpaired) electrons. The van der Waals surface area contributed by atoms with Crippen LogP contribution in [-0.4, -0.2) is 35.9 Å². The van der Waals surface area contributed by atoms with Crippen LogP contribution in [0.25, 0.3) is 0 Å². The van der Waals surface area contributed by atoms with Crippen LogP contribution in [0.5, 0.6) is 0 Å². The van der Waals surface area contributed by atoms with Gasteiger partial charge in [0.2, 0.25) is 5.91 Å². The van der Waals surface area contributed by atoms with Crippen LogP contribution in [0.3, 0.4) is 0 Å². The van der Waals surface area contributed by atoms with Crippen LogP contribution in [0.1, 0.15) is 18.2 Å². The van der Waals surface area contributed by atoms with E-state index in [1.807, 2.05) is 24.0 Å². The summed E-state index contributed by atoms with van der Waals surface area (Å²) >= 11 is 0. The van der Waals surface area contributed by atoms with Crippen LogP contribution in [0, 0.1) is 11.3 Å². The zero-order chi connectivity index (χ0) is 12.7. The van der Waals surface area contributed by atoms with Crippen LogP contribution in [-0.2, 0) is 11.3 Å². The number of nitrogens with zero attached hydrogens (tertiary/aromatic N) is 3. The van der Waals surface area contributed by atoms with Crippen LogP contribution < -0.4 is 5.32 Å². The Morgan fingerprint density at radius 1 is 1.65 bits per heavy atom. The molecular formula is C12H16N4O. The minimum Gasteiger partial charge on any atom is -0.358 e. The first-order valence-corrected chi connectivity index (χ1v) is 5.47. The standard InChI is InChI=1S/C12H16N4O/c1-3-16(9-12(17)14-2)8-10-4-5-15-11(6-10)7-13/h4-6H,3,8-9H2,1-2H3,(H,14,17). The number of carbonyl (C=O) groups is 1. The van der Waals surface area contributed by atoms with Crippen molar-refractivity contribution in [2.24, 2.45) is 0 Å². The summed E-state index contributed by atoms with van der Waals surface area (Å²) in [5.74, 6) is -0.0126. The largest absolute Gasteiger partial charge is 0.358 e. The molecule has 0 aliphatic carbocycles. The molecule has 17 heavy (non-hydrogen) atoms. The second-order valence-corrected chi connectivity index (χ2v) is 3.64. The molecule has 1 N–H and O–H groups in total. The molecule has 1 amide bonds. The Bertz CT molecular complexity index is 425. The second-order valence-electron chi connectivity index (χ2n) is 3.64. The summed E-state index contributed by atoms with van der Waals surface area (Å²) in [5.41, 5.74) is 1.39. The van der Waals surface area contributed by atoms with E-state index in [2.05, 4.69) is 10.3 Å². The average molecular weight is 232 g/mol. The number of nitriles is 1. The lowest BCUT2D eigenvalue weighted by Crippen LogP contribution is -2.35. The molecule has 0 aromatic carbocycles. The number of carbonyl (C=O) groups excluding carboxylic acids is 1. The maximum Gasteiger partial charge on any atom is 0.233 e. The molecule has 0 unspecified atom stereocenters. The van der Waals surface area contributed by atoms with Crippen molar-refractivity contribution in [3.05, 3.63) is 29.6 Å². The van der Waals surface area contributed by atoms with Crippen LogP contribution >= 0.6 is 0 Å². The van der Waals surface area contributed by atoms with Gasteiger partial charge in [-0.15, -0.1) is 0 Å². The molecule has 0 aliphatic heterocycles. The van der Waals surface area contributed by atoms with Gasteiger partial charge in [-0.25, -0.2) is 4.98 Å². The van der Waals surface area contributed by atoms with Gasteiger partial charge in [-0.1, -0.05) is 6.92 Å². The maximum absolute atomic E-state index is 11.3. The van der Waals surface area contributed by atoms with Crippen molar-refractivity contribution in [2.75, 3.05) is 20.1 Å². The predicted molar refractivity (Wildman–Crippen MR) is 64.0 cm³/mol. The van der Waals surface area contributed by atoms with Crippen molar-refractivity contribution in [3.63, 3.8) is 0 Å². The number of nitrogens with one attached hydrogen (secondary N) is 1. The normalized spacial score (nSPS) is 10.0. The molecule has 0 saturated carbocycles. The summed E-state index contributed by atoms with van der Waals surface area (Å²) in [7, 11) is 1.62. The quantitative estimate of drug-likeness (QED) is 0.803. The number of rotatable bonds is 5. The molecule has 5 heteroatoms. The number of amides is 1. The van der Waals surface area contributed by atoms with E-state index < -0.39 is 0 Å². The van der Waals surface area contributed by atoms with Crippen molar-refractivity contribution >= 4 is 5.91 Å². The van der Waals surface area contributed by atoms with Gasteiger partial charge < -0.3 is 5.32 Å². The van der Waals surface area contributed by atoms with Gasteiger partial charge in [0.05, 0.1) is 6.54 Å². The topological polar surface area (TPSA) is 69.0 Å². The van der Waals surface area contributed by atoms with Gasteiger partial charge in [-0.2, -0.15) is 5.26 Å². The van der Waals surface area contributed by atoms with Crippen molar-refractivity contribution in [1.82, 2.24) is 15.2 Å². The second kappa shape index (κ2) is 6.61. The molecule has 0 aliphatic rings. The summed E-state index contributed by atoms with van der Waals surface area (Å²) in [4.78, 5) is 17.2. The first kappa shape index (κ1) is 13.1. The fourth-order valence-electron chi connectivity index (χ4n) is 1.45. The predicted octanol–water partition coefficient (Wildman–Crippen LogP) is 0.521. The van der Waals surface area contributed by atoms with E-state index >= 15 is 0 Å². The Kier molecular flexibility index (Phi) is 5.11. The molecular weight excluding hydrogens is 216 g/mol. The molecule has 1 aromatic rings. The lowest BCUT2D eigenvalue weighted by Gasteiger charge is -2.19. The van der Waals surface area contributed by atoms with Crippen molar-refractivity contribution in [2.45, 2.75) is 13.5 Å². The molecule has 0 spiro atoms. The molecule has 1 aromatic heterocycles. The third-order valence-electron chi connectivity index (χ3n) is 2.44. The number of hydrogen-bond donors (Lipinski definition) is 1. The highest BCUT2D eigenvalue weighted by atomic mass is 16.1. The minimum atomic E-state index is -0.0126. The van der Waals surface area contributed by atoms with E-state index in [1.54, 1.807) is 19.3 Å². The van der Waals surface area contributed by atoms with Gasteiger partial charge in [-0.05, 0) is 24.2 Å². The average Bonchev–Trinajstić information content (AvgIpc) is 2.37. The summed E-state index contributed by atoms with van der Waals surface area (Å²) in [6.07, 6.45) is 1.61. The lowest BCUT2D eigenvalue weighted by atomic mass is 10.2. The van der Waals surface area contributed by atoms with E-state index in [1.165, 1.54) is 0 Å². The Morgan fingerprint density at radius 3 is 3.00 bits per heavy atom. The van der Waals surface area contributed by atoms with Gasteiger partial charge in [-0.3, -0.25) is 9.69 Å². The molecule has 0 fully saturated rings. The van der Waals surface area contributed by atoms with E-state index in [4.69, 9.17) is 5.26 Å². The van der Waals surface area contributed by atoms with E-state index in [9.17, 15) is 4.79 Å². The highest BCUT2D eigenvalue weighted by Gasteiger charge is 2.08. The molecule has 1 heterocycles. The van der Waals surface area contributed by atoms with E-state index in [0.717, 1.165) is 12.1 Å². The van der Waals surface area contributed by atoms with Crippen LogP contribution in [0.15, 0.2) is 18.3 Å². The fraction of sp³-hybridized carbons (Fsp3) is 0.417. The first-order valence-electron chi connectivity index (χ1n) is 5.47. The minimum absolute atomic E-state index is 0.0126. The summed E-state index contributed by atoms with van der Waals surface area (Å²) in [6, 6.07) is 5.60. The molecule has 0 bridgehead atoms. The van der Waals surface area contributed by atoms with Gasteiger partial charge in [0.25, 0.3) is 0 Å². The fourth-order valence-corrected chi connectivity index (χ4v) is 1.45. The Morgan fingerprint density at radius 2 is 2.41 bits per heavy atom. The number of hydrogen-bond acceptors (Lipinski definition) is 4. The van der Waals surface area contributed by atoms with Gasteiger partial charge in [0.15, 0.2) is 0 Å². The van der Waals surface area contributed by atoms with Crippen molar-refractivity contribution in [3.8, 4) is 6.07 Å². The van der Waals surface area contributed by atoms with E-state index in [0.29, 0.717) is 18.8 Å². The molecule has 0 saturated heterocycles. The number of aromatic nitrogens is 1. The van der Waals surface area contributed by atoms with E-state index in [-0.39, 0.29) is 5.91 Å². The van der Waals surface area contributed by atoms with Crippen LogP contribution in [0.2, 0.25) is 0 Å².